The highest BCUT2D eigenvalue weighted by atomic mass is 35.5. The maximum atomic E-state index is 11.1. The molecule has 0 saturated carbocycles. The van der Waals surface area contributed by atoms with Crippen LogP contribution in [0.25, 0.3) is 0 Å². The largest absolute Gasteiger partial charge is 0.493 e. The van der Waals surface area contributed by atoms with Crippen LogP contribution in [0.3, 0.4) is 0 Å². The van der Waals surface area contributed by atoms with Crippen LogP contribution in [0.1, 0.15) is 37.3 Å². The molecule has 106 valence electrons. The van der Waals surface area contributed by atoms with E-state index in [4.69, 9.17) is 22.2 Å². The Hall–Kier alpha value is -1.30. The molecule has 0 aliphatic carbocycles. The minimum atomic E-state index is -0.474. The number of carbonyl (C=O) groups is 1. The molecule has 0 aromatic heterocycles. The summed E-state index contributed by atoms with van der Waals surface area (Å²) in [5, 5.41) is 0.728. The molecule has 6 heteroatoms. The number of nitrogens with two attached hydrogens (primary N) is 1. The van der Waals surface area contributed by atoms with E-state index in [1.165, 1.54) is 0 Å². The van der Waals surface area contributed by atoms with Crippen LogP contribution in [0, 0.1) is 6.92 Å². The summed E-state index contributed by atoms with van der Waals surface area (Å²) < 4.78 is 5.57. The molecule has 0 fully saturated rings. The average Bonchev–Trinajstić information content (AvgIpc) is 2.31. The second-order valence-electron chi connectivity index (χ2n) is 4.48. The Balaban J connectivity index is 2.68. The Morgan fingerprint density at radius 2 is 2.16 bits per heavy atom. The summed E-state index contributed by atoms with van der Waals surface area (Å²) in [6, 6.07) is 3.78. The maximum Gasteiger partial charge on any atom is 0.329 e. The van der Waals surface area contributed by atoms with Gasteiger partial charge in [-0.15, -0.1) is 0 Å². The summed E-state index contributed by atoms with van der Waals surface area (Å²) in [7, 11) is 0. The van der Waals surface area contributed by atoms with Crippen molar-refractivity contribution >= 4 is 17.6 Å². The van der Waals surface area contributed by atoms with Crippen LogP contribution >= 0.6 is 11.6 Å². The standard InChI is InChI=1S/C13H19ClN2O3/c1-8(2)10-7-12(9(3)6-11(10)14)18-5-4-13(17)19-16-15/h6-8,16H,4-5,15H2,1-3H3. The molecule has 1 aromatic rings. The third kappa shape index (κ3) is 4.70. The number of benzene rings is 1. The molecule has 1 rings (SSSR count). The van der Waals surface area contributed by atoms with Gasteiger partial charge in [0.05, 0.1) is 13.0 Å². The quantitative estimate of drug-likeness (QED) is 0.621. The highest BCUT2D eigenvalue weighted by Crippen LogP contribution is 2.31. The molecule has 0 bridgehead atoms. The number of aryl methyl sites for hydroxylation is 1. The Kier molecular flexibility index (Phi) is 6.08. The van der Waals surface area contributed by atoms with Gasteiger partial charge < -0.3 is 9.57 Å². The third-order valence-corrected chi connectivity index (χ3v) is 2.98. The molecule has 0 atom stereocenters. The Morgan fingerprint density at radius 1 is 1.47 bits per heavy atom. The van der Waals surface area contributed by atoms with E-state index in [2.05, 4.69) is 18.7 Å². The lowest BCUT2D eigenvalue weighted by molar-refractivity contribution is -0.151. The van der Waals surface area contributed by atoms with Gasteiger partial charge in [-0.25, -0.2) is 5.84 Å². The zero-order chi connectivity index (χ0) is 14.4. The monoisotopic (exact) mass is 286 g/mol. The van der Waals surface area contributed by atoms with Crippen LogP contribution in [0.4, 0.5) is 0 Å². The van der Waals surface area contributed by atoms with Gasteiger partial charge in [-0.05, 0) is 36.1 Å². The Bertz CT molecular complexity index is 450. The smallest absolute Gasteiger partial charge is 0.329 e. The van der Waals surface area contributed by atoms with Crippen LogP contribution in [0.15, 0.2) is 12.1 Å². The van der Waals surface area contributed by atoms with Crippen LogP contribution in [-0.2, 0) is 9.63 Å². The van der Waals surface area contributed by atoms with Crippen LogP contribution in [0.5, 0.6) is 5.75 Å². The molecule has 0 unspecified atom stereocenters. The van der Waals surface area contributed by atoms with Gasteiger partial charge in [0.25, 0.3) is 0 Å². The zero-order valence-electron chi connectivity index (χ0n) is 11.3. The Labute approximate surface area is 117 Å². The van der Waals surface area contributed by atoms with E-state index in [0.29, 0.717) is 5.92 Å². The molecule has 19 heavy (non-hydrogen) atoms. The van der Waals surface area contributed by atoms with Gasteiger partial charge in [0, 0.05) is 5.02 Å². The summed E-state index contributed by atoms with van der Waals surface area (Å²) in [6.45, 7) is 6.25. The summed E-state index contributed by atoms with van der Waals surface area (Å²) in [6.07, 6.45) is 0.114. The van der Waals surface area contributed by atoms with Crippen LogP contribution in [0.2, 0.25) is 5.02 Å². The van der Waals surface area contributed by atoms with Gasteiger partial charge >= 0.3 is 5.97 Å². The molecule has 0 aliphatic rings. The molecule has 5 nitrogen and oxygen atoms in total. The fraction of sp³-hybridized carbons (Fsp3) is 0.462. The average molecular weight is 287 g/mol. The van der Waals surface area contributed by atoms with Crippen molar-refractivity contribution in [2.75, 3.05) is 6.61 Å². The summed E-state index contributed by atoms with van der Waals surface area (Å²) in [5.74, 6) is 5.41. The predicted molar refractivity (Wildman–Crippen MR) is 73.8 cm³/mol. The van der Waals surface area contributed by atoms with Crippen molar-refractivity contribution < 1.29 is 14.4 Å². The second kappa shape index (κ2) is 7.33. The van der Waals surface area contributed by atoms with E-state index in [9.17, 15) is 4.79 Å². The molecular weight excluding hydrogens is 268 g/mol. The van der Waals surface area contributed by atoms with E-state index < -0.39 is 5.97 Å². The van der Waals surface area contributed by atoms with E-state index in [0.717, 1.165) is 21.9 Å². The molecule has 0 spiro atoms. The van der Waals surface area contributed by atoms with Gasteiger partial charge in [-0.3, -0.25) is 4.79 Å². The van der Waals surface area contributed by atoms with E-state index in [1.807, 2.05) is 24.6 Å². The molecule has 3 N–H and O–H groups in total. The molecule has 1 aromatic carbocycles. The van der Waals surface area contributed by atoms with Crippen molar-refractivity contribution in [3.63, 3.8) is 0 Å². The first-order valence-electron chi connectivity index (χ1n) is 6.03. The number of halogens is 1. The van der Waals surface area contributed by atoms with Crippen molar-refractivity contribution in [2.45, 2.75) is 33.1 Å². The predicted octanol–water partition coefficient (Wildman–Crippen LogP) is 2.46. The van der Waals surface area contributed by atoms with Crippen molar-refractivity contribution in [3.05, 3.63) is 28.3 Å². The first-order valence-corrected chi connectivity index (χ1v) is 6.41. The number of ether oxygens (including phenoxy) is 1. The van der Waals surface area contributed by atoms with Crippen LogP contribution in [-0.4, -0.2) is 12.6 Å². The lowest BCUT2D eigenvalue weighted by Crippen LogP contribution is -2.27. The number of rotatable bonds is 6. The van der Waals surface area contributed by atoms with Gasteiger partial charge in [-0.1, -0.05) is 31.0 Å². The summed E-state index contributed by atoms with van der Waals surface area (Å²) in [4.78, 5) is 15.5. The minimum absolute atomic E-state index is 0.114. The molecule has 0 aliphatic heterocycles. The first-order chi connectivity index (χ1) is 8.95. The van der Waals surface area contributed by atoms with E-state index in [1.54, 1.807) is 0 Å². The normalized spacial score (nSPS) is 10.6. The highest BCUT2D eigenvalue weighted by Gasteiger charge is 2.11. The van der Waals surface area contributed by atoms with Gasteiger partial charge in [0.2, 0.25) is 0 Å². The molecule has 0 amide bonds. The van der Waals surface area contributed by atoms with Gasteiger partial charge in [0.15, 0.2) is 0 Å². The fourth-order valence-corrected chi connectivity index (χ4v) is 2.06. The minimum Gasteiger partial charge on any atom is -0.493 e. The number of nitrogens with one attached hydrogen (secondary N) is 1. The fourth-order valence-electron chi connectivity index (χ4n) is 1.63. The van der Waals surface area contributed by atoms with Crippen molar-refractivity contribution in [3.8, 4) is 5.75 Å². The van der Waals surface area contributed by atoms with E-state index >= 15 is 0 Å². The lowest BCUT2D eigenvalue weighted by Gasteiger charge is -2.14. The van der Waals surface area contributed by atoms with Gasteiger partial charge in [-0.2, -0.15) is 0 Å². The summed E-state index contributed by atoms with van der Waals surface area (Å²) >= 11 is 6.17. The SMILES string of the molecule is Cc1cc(Cl)c(C(C)C)cc1OCCC(=O)ONN. The topological polar surface area (TPSA) is 73.6 Å². The molecule has 0 heterocycles. The van der Waals surface area contributed by atoms with Crippen molar-refractivity contribution in [1.29, 1.82) is 0 Å². The number of hydrazine groups is 1. The van der Waals surface area contributed by atoms with E-state index in [-0.39, 0.29) is 13.0 Å². The van der Waals surface area contributed by atoms with Crippen molar-refractivity contribution in [2.24, 2.45) is 5.84 Å². The number of carbonyl (C=O) groups excluding carboxylic acids is 1. The second-order valence-corrected chi connectivity index (χ2v) is 4.89. The molecule has 0 saturated heterocycles. The summed E-state index contributed by atoms with van der Waals surface area (Å²) in [5.41, 5.74) is 3.79. The van der Waals surface area contributed by atoms with Crippen LogP contribution < -0.4 is 16.2 Å². The third-order valence-electron chi connectivity index (χ3n) is 2.65. The molecule has 0 radical (unpaired) electrons. The maximum absolute atomic E-state index is 11.1. The number of hydrogen-bond donors (Lipinski definition) is 2. The first kappa shape index (κ1) is 15.8. The van der Waals surface area contributed by atoms with Crippen molar-refractivity contribution in [1.82, 2.24) is 5.59 Å². The van der Waals surface area contributed by atoms with Gasteiger partial charge in [0.1, 0.15) is 5.75 Å². The Morgan fingerprint density at radius 3 is 2.74 bits per heavy atom. The zero-order valence-corrected chi connectivity index (χ0v) is 12.1. The number of hydrogen-bond acceptors (Lipinski definition) is 5. The lowest BCUT2D eigenvalue weighted by atomic mass is 10.0. The molecular formula is C13H19ClN2O3. The highest BCUT2D eigenvalue weighted by molar-refractivity contribution is 6.31.